The van der Waals surface area contributed by atoms with Gasteiger partial charge in [0.15, 0.2) is 0 Å². The third-order valence-electron chi connectivity index (χ3n) is 3.02. The van der Waals surface area contributed by atoms with Gasteiger partial charge in [0, 0.05) is 0 Å². The van der Waals surface area contributed by atoms with Crippen LogP contribution in [0.1, 0.15) is 72.6 Å². The van der Waals surface area contributed by atoms with Crippen molar-refractivity contribution in [2.75, 3.05) is 0 Å². The fourth-order valence-electron chi connectivity index (χ4n) is 1.58. The molecule has 0 heterocycles. The van der Waals surface area contributed by atoms with E-state index in [2.05, 4.69) is 33.8 Å². The summed E-state index contributed by atoms with van der Waals surface area (Å²) in [5, 5.41) is 0. The molecule has 84 valence electrons. The van der Waals surface area contributed by atoms with Crippen molar-refractivity contribution < 1.29 is 0 Å². The van der Waals surface area contributed by atoms with Gasteiger partial charge < -0.3 is 0 Å². The Morgan fingerprint density at radius 3 is 2.50 bits per heavy atom. The summed E-state index contributed by atoms with van der Waals surface area (Å²) in [6.45, 7) is 9.18. The zero-order chi connectivity index (χ0) is 10.8. The molecule has 0 amide bonds. The van der Waals surface area contributed by atoms with Gasteiger partial charge in [-0.15, -0.1) is 0 Å². The molecule has 0 fully saturated rings. The first-order valence-corrected chi connectivity index (χ1v) is 6.36. The molecule has 0 aliphatic heterocycles. The SMILES string of the molecule is CCCCC(C)=CCCCC(C)CC. The largest absolute Gasteiger partial charge is 0.0856 e. The van der Waals surface area contributed by atoms with Crippen molar-refractivity contribution in [3.05, 3.63) is 11.6 Å². The van der Waals surface area contributed by atoms with Crippen molar-refractivity contribution >= 4 is 0 Å². The Hall–Kier alpha value is -0.260. The zero-order valence-electron chi connectivity index (χ0n) is 10.6. The molecular weight excluding hydrogens is 168 g/mol. The summed E-state index contributed by atoms with van der Waals surface area (Å²) in [7, 11) is 0. The lowest BCUT2D eigenvalue weighted by molar-refractivity contribution is 0.498. The summed E-state index contributed by atoms with van der Waals surface area (Å²) in [4.78, 5) is 0. The lowest BCUT2D eigenvalue weighted by atomic mass is 10.0. The van der Waals surface area contributed by atoms with Crippen LogP contribution in [0.4, 0.5) is 0 Å². The average molecular weight is 196 g/mol. The van der Waals surface area contributed by atoms with Crippen molar-refractivity contribution in [3.8, 4) is 0 Å². The second-order valence-corrected chi connectivity index (χ2v) is 4.60. The minimum Gasteiger partial charge on any atom is -0.0856 e. The molecular formula is C14H28. The van der Waals surface area contributed by atoms with Crippen LogP contribution in [-0.2, 0) is 0 Å². The summed E-state index contributed by atoms with van der Waals surface area (Å²) in [5.41, 5.74) is 1.59. The predicted molar refractivity (Wildman–Crippen MR) is 66.6 cm³/mol. The van der Waals surface area contributed by atoms with E-state index in [1.807, 2.05) is 0 Å². The van der Waals surface area contributed by atoms with Gasteiger partial charge in [0.05, 0.1) is 0 Å². The Morgan fingerprint density at radius 1 is 1.21 bits per heavy atom. The molecule has 0 aromatic heterocycles. The second kappa shape index (κ2) is 9.30. The fraction of sp³-hybridized carbons (Fsp3) is 0.857. The topological polar surface area (TPSA) is 0 Å². The van der Waals surface area contributed by atoms with Gasteiger partial charge in [-0.1, -0.05) is 51.7 Å². The van der Waals surface area contributed by atoms with E-state index < -0.39 is 0 Å². The van der Waals surface area contributed by atoms with E-state index in [4.69, 9.17) is 0 Å². The summed E-state index contributed by atoms with van der Waals surface area (Å²) in [5.74, 6) is 0.916. The van der Waals surface area contributed by atoms with Gasteiger partial charge in [0.2, 0.25) is 0 Å². The van der Waals surface area contributed by atoms with E-state index in [0.29, 0.717) is 0 Å². The molecule has 14 heavy (non-hydrogen) atoms. The quantitative estimate of drug-likeness (QED) is 0.363. The summed E-state index contributed by atoms with van der Waals surface area (Å²) >= 11 is 0. The molecule has 0 aromatic carbocycles. The molecule has 0 nitrogen and oxygen atoms in total. The van der Waals surface area contributed by atoms with Crippen LogP contribution in [0.2, 0.25) is 0 Å². The van der Waals surface area contributed by atoms with E-state index >= 15 is 0 Å². The molecule has 0 heteroatoms. The van der Waals surface area contributed by atoms with Crippen LogP contribution in [0.15, 0.2) is 11.6 Å². The van der Waals surface area contributed by atoms with Crippen molar-refractivity contribution in [2.45, 2.75) is 72.6 Å². The predicted octanol–water partition coefficient (Wildman–Crippen LogP) is 5.34. The highest BCUT2D eigenvalue weighted by atomic mass is 14.0. The maximum absolute atomic E-state index is 2.44. The maximum Gasteiger partial charge on any atom is -0.0323 e. The molecule has 0 radical (unpaired) electrons. The van der Waals surface area contributed by atoms with Gasteiger partial charge in [-0.3, -0.25) is 0 Å². The molecule has 0 aromatic rings. The zero-order valence-corrected chi connectivity index (χ0v) is 10.6. The van der Waals surface area contributed by atoms with Gasteiger partial charge in [-0.05, 0) is 38.5 Å². The highest BCUT2D eigenvalue weighted by molar-refractivity contribution is 4.97. The highest BCUT2D eigenvalue weighted by Gasteiger charge is 1.96. The van der Waals surface area contributed by atoms with Gasteiger partial charge >= 0.3 is 0 Å². The summed E-state index contributed by atoms with van der Waals surface area (Å²) in [6.07, 6.45) is 11.8. The van der Waals surface area contributed by atoms with Gasteiger partial charge in [-0.25, -0.2) is 0 Å². The first-order valence-electron chi connectivity index (χ1n) is 6.36. The molecule has 0 aliphatic rings. The lowest BCUT2D eigenvalue weighted by Gasteiger charge is -2.06. The van der Waals surface area contributed by atoms with Crippen molar-refractivity contribution in [1.82, 2.24) is 0 Å². The summed E-state index contributed by atoms with van der Waals surface area (Å²) < 4.78 is 0. The van der Waals surface area contributed by atoms with E-state index in [9.17, 15) is 0 Å². The molecule has 0 spiro atoms. The van der Waals surface area contributed by atoms with E-state index in [1.165, 1.54) is 44.9 Å². The number of hydrogen-bond acceptors (Lipinski definition) is 0. The monoisotopic (exact) mass is 196 g/mol. The number of hydrogen-bond donors (Lipinski definition) is 0. The van der Waals surface area contributed by atoms with Crippen LogP contribution in [0.3, 0.4) is 0 Å². The first-order chi connectivity index (χ1) is 6.70. The van der Waals surface area contributed by atoms with Crippen molar-refractivity contribution in [1.29, 1.82) is 0 Å². The van der Waals surface area contributed by atoms with Gasteiger partial charge in [0.25, 0.3) is 0 Å². The normalized spacial score (nSPS) is 14.4. The lowest BCUT2D eigenvalue weighted by Crippen LogP contribution is -1.90. The Bertz CT molecular complexity index is 144. The fourth-order valence-corrected chi connectivity index (χ4v) is 1.58. The number of allylic oxidation sites excluding steroid dienone is 2. The third kappa shape index (κ3) is 8.34. The van der Waals surface area contributed by atoms with E-state index in [0.717, 1.165) is 5.92 Å². The van der Waals surface area contributed by atoms with Gasteiger partial charge in [0.1, 0.15) is 0 Å². The maximum atomic E-state index is 2.44. The van der Waals surface area contributed by atoms with Gasteiger partial charge in [-0.2, -0.15) is 0 Å². The van der Waals surface area contributed by atoms with Crippen molar-refractivity contribution in [3.63, 3.8) is 0 Å². The standard InChI is InChI=1S/C14H28/c1-5-7-10-14(4)12-9-8-11-13(3)6-2/h12-13H,5-11H2,1-4H3. The van der Waals surface area contributed by atoms with Crippen LogP contribution in [0, 0.1) is 5.92 Å². The molecule has 0 N–H and O–H groups in total. The smallest absolute Gasteiger partial charge is 0.0323 e. The molecule has 0 rings (SSSR count). The number of rotatable bonds is 8. The molecule has 1 unspecified atom stereocenters. The van der Waals surface area contributed by atoms with Crippen LogP contribution in [-0.4, -0.2) is 0 Å². The first kappa shape index (κ1) is 13.7. The highest BCUT2D eigenvalue weighted by Crippen LogP contribution is 2.13. The minimum atomic E-state index is 0.916. The van der Waals surface area contributed by atoms with E-state index in [-0.39, 0.29) is 0 Å². The molecule has 0 saturated carbocycles. The Balaban J connectivity index is 3.40. The Morgan fingerprint density at radius 2 is 1.93 bits per heavy atom. The van der Waals surface area contributed by atoms with Crippen LogP contribution in [0.5, 0.6) is 0 Å². The molecule has 0 bridgehead atoms. The van der Waals surface area contributed by atoms with Crippen LogP contribution < -0.4 is 0 Å². The Labute approximate surface area is 90.8 Å². The van der Waals surface area contributed by atoms with Crippen LogP contribution in [0.25, 0.3) is 0 Å². The molecule has 0 saturated heterocycles. The minimum absolute atomic E-state index is 0.916. The van der Waals surface area contributed by atoms with E-state index in [1.54, 1.807) is 5.57 Å². The Kier molecular flexibility index (Phi) is 9.13. The average Bonchev–Trinajstić information content (AvgIpc) is 2.21. The third-order valence-corrected chi connectivity index (χ3v) is 3.02. The summed E-state index contributed by atoms with van der Waals surface area (Å²) in [6, 6.07) is 0. The van der Waals surface area contributed by atoms with Crippen LogP contribution >= 0.6 is 0 Å². The van der Waals surface area contributed by atoms with Crippen molar-refractivity contribution in [2.24, 2.45) is 5.92 Å². The molecule has 1 atom stereocenters. The number of unbranched alkanes of at least 4 members (excludes halogenated alkanes) is 2. The molecule has 0 aliphatic carbocycles. The second-order valence-electron chi connectivity index (χ2n) is 4.60.